The summed E-state index contributed by atoms with van der Waals surface area (Å²) in [6.07, 6.45) is 3.30. The third-order valence-electron chi connectivity index (χ3n) is 2.23. The molecule has 2 rings (SSSR count). The summed E-state index contributed by atoms with van der Waals surface area (Å²) in [7, 11) is 1.68. The third kappa shape index (κ3) is 3.46. The molecule has 18 heavy (non-hydrogen) atoms. The van der Waals surface area contributed by atoms with Crippen molar-refractivity contribution in [2.75, 3.05) is 20.3 Å². The van der Waals surface area contributed by atoms with E-state index >= 15 is 0 Å². The van der Waals surface area contributed by atoms with Crippen molar-refractivity contribution in [2.45, 2.75) is 6.54 Å². The van der Waals surface area contributed by atoms with E-state index in [9.17, 15) is 0 Å². The molecule has 0 aliphatic carbocycles. The van der Waals surface area contributed by atoms with Crippen LogP contribution in [0, 0.1) is 0 Å². The van der Waals surface area contributed by atoms with E-state index in [1.54, 1.807) is 19.5 Å². The van der Waals surface area contributed by atoms with Crippen molar-refractivity contribution in [3.8, 4) is 10.6 Å². The van der Waals surface area contributed by atoms with Crippen LogP contribution >= 0.6 is 22.9 Å². The molecular weight excluding hydrogens is 272 g/mol. The Morgan fingerprint density at radius 1 is 1.44 bits per heavy atom. The Bertz CT molecular complexity index is 505. The van der Waals surface area contributed by atoms with Gasteiger partial charge in [-0.25, -0.2) is 0 Å². The number of aromatic nitrogens is 3. The maximum Gasteiger partial charge on any atom is 0.149 e. The van der Waals surface area contributed by atoms with Crippen molar-refractivity contribution in [3.05, 3.63) is 28.5 Å². The van der Waals surface area contributed by atoms with Gasteiger partial charge in [0.05, 0.1) is 11.6 Å². The van der Waals surface area contributed by atoms with Crippen LogP contribution in [-0.2, 0) is 11.3 Å². The Labute approximate surface area is 114 Å². The Kier molecular flexibility index (Phi) is 5.00. The molecule has 2 aromatic heterocycles. The molecule has 0 fully saturated rings. The van der Waals surface area contributed by atoms with E-state index in [1.807, 2.05) is 6.07 Å². The van der Waals surface area contributed by atoms with E-state index in [-0.39, 0.29) is 0 Å². The highest BCUT2D eigenvalue weighted by Crippen LogP contribution is 2.28. The molecule has 0 atom stereocenters. The van der Waals surface area contributed by atoms with Crippen LogP contribution in [-0.4, -0.2) is 35.4 Å². The van der Waals surface area contributed by atoms with Crippen molar-refractivity contribution < 1.29 is 4.74 Å². The minimum atomic E-state index is 0.590. The molecule has 2 aromatic rings. The fourth-order valence-corrected chi connectivity index (χ4v) is 2.47. The van der Waals surface area contributed by atoms with E-state index in [0.717, 1.165) is 22.1 Å². The van der Waals surface area contributed by atoms with Gasteiger partial charge >= 0.3 is 0 Å². The van der Waals surface area contributed by atoms with Gasteiger partial charge in [0.15, 0.2) is 0 Å². The first-order valence-electron chi connectivity index (χ1n) is 5.43. The number of nitrogens with one attached hydrogen (secondary N) is 1. The van der Waals surface area contributed by atoms with Crippen LogP contribution in [0.5, 0.6) is 0 Å². The second kappa shape index (κ2) is 6.75. The Morgan fingerprint density at radius 3 is 3.11 bits per heavy atom. The summed E-state index contributed by atoms with van der Waals surface area (Å²) in [6, 6.07) is 1.84. The van der Waals surface area contributed by atoms with Gasteiger partial charge in [0.1, 0.15) is 10.0 Å². The number of hydrogen-bond donors (Lipinski definition) is 1. The molecule has 0 unspecified atom stereocenters. The SMILES string of the molecule is COCCNCc1nnc(-c2ccncc2Cl)s1. The van der Waals surface area contributed by atoms with E-state index in [2.05, 4.69) is 20.5 Å². The summed E-state index contributed by atoms with van der Waals surface area (Å²) in [6.45, 7) is 2.16. The average molecular weight is 285 g/mol. The first-order chi connectivity index (χ1) is 8.81. The first kappa shape index (κ1) is 13.4. The van der Waals surface area contributed by atoms with Crippen LogP contribution in [0.2, 0.25) is 5.02 Å². The van der Waals surface area contributed by atoms with Gasteiger partial charge in [-0.05, 0) is 6.07 Å². The second-order valence-corrected chi connectivity index (χ2v) is 5.00. The summed E-state index contributed by atoms with van der Waals surface area (Å²) in [5, 5.41) is 13.8. The maximum absolute atomic E-state index is 6.06. The summed E-state index contributed by atoms with van der Waals surface area (Å²) in [4.78, 5) is 3.95. The van der Waals surface area contributed by atoms with Crippen LogP contribution in [0.1, 0.15) is 5.01 Å². The summed E-state index contributed by atoms with van der Waals surface area (Å²) < 4.78 is 4.95. The number of nitrogens with zero attached hydrogens (tertiary/aromatic N) is 3. The normalized spacial score (nSPS) is 10.8. The minimum absolute atomic E-state index is 0.590. The van der Waals surface area contributed by atoms with Crippen LogP contribution in [0.3, 0.4) is 0 Å². The van der Waals surface area contributed by atoms with Gasteiger partial charge in [-0.3, -0.25) is 4.98 Å². The van der Waals surface area contributed by atoms with Gasteiger partial charge in [0.2, 0.25) is 0 Å². The van der Waals surface area contributed by atoms with E-state index in [1.165, 1.54) is 11.3 Å². The molecule has 0 saturated carbocycles. The van der Waals surface area contributed by atoms with E-state index < -0.39 is 0 Å². The predicted octanol–water partition coefficient (Wildman–Crippen LogP) is 1.99. The number of halogens is 1. The number of ether oxygens (including phenoxy) is 1. The minimum Gasteiger partial charge on any atom is -0.383 e. The zero-order valence-corrected chi connectivity index (χ0v) is 11.5. The van der Waals surface area contributed by atoms with Gasteiger partial charge in [0.25, 0.3) is 0 Å². The molecule has 1 N–H and O–H groups in total. The number of rotatable bonds is 6. The lowest BCUT2D eigenvalue weighted by molar-refractivity contribution is 0.199. The van der Waals surface area contributed by atoms with Gasteiger partial charge < -0.3 is 10.1 Å². The largest absolute Gasteiger partial charge is 0.383 e. The summed E-state index contributed by atoms with van der Waals surface area (Å²) in [5.41, 5.74) is 0.868. The molecule has 2 heterocycles. The second-order valence-electron chi connectivity index (χ2n) is 3.53. The van der Waals surface area contributed by atoms with Gasteiger partial charge in [-0.15, -0.1) is 10.2 Å². The molecule has 0 aliphatic rings. The van der Waals surface area contributed by atoms with Crippen LogP contribution in [0.4, 0.5) is 0 Å². The fourth-order valence-electron chi connectivity index (χ4n) is 1.35. The zero-order chi connectivity index (χ0) is 12.8. The molecule has 0 amide bonds. The maximum atomic E-state index is 6.06. The van der Waals surface area contributed by atoms with Gasteiger partial charge in [-0.2, -0.15) is 0 Å². The number of hydrogen-bond acceptors (Lipinski definition) is 6. The van der Waals surface area contributed by atoms with Crippen molar-refractivity contribution in [1.29, 1.82) is 0 Å². The van der Waals surface area contributed by atoms with E-state index in [4.69, 9.17) is 16.3 Å². The lowest BCUT2D eigenvalue weighted by atomic mass is 10.3. The van der Waals surface area contributed by atoms with Crippen molar-refractivity contribution >= 4 is 22.9 Å². The summed E-state index contributed by atoms with van der Waals surface area (Å²) >= 11 is 7.58. The monoisotopic (exact) mass is 284 g/mol. The molecule has 96 valence electrons. The molecule has 0 spiro atoms. The quantitative estimate of drug-likeness (QED) is 0.822. The highest BCUT2D eigenvalue weighted by Gasteiger charge is 2.09. The zero-order valence-electron chi connectivity index (χ0n) is 9.89. The molecule has 5 nitrogen and oxygen atoms in total. The molecular formula is C11H13ClN4OS. The van der Waals surface area contributed by atoms with Crippen LogP contribution in [0.25, 0.3) is 10.6 Å². The molecule has 0 saturated heterocycles. The van der Waals surface area contributed by atoms with Crippen molar-refractivity contribution in [3.63, 3.8) is 0 Å². The third-order valence-corrected chi connectivity index (χ3v) is 3.49. The molecule has 0 aromatic carbocycles. The van der Waals surface area contributed by atoms with Crippen molar-refractivity contribution in [2.24, 2.45) is 0 Å². The highest BCUT2D eigenvalue weighted by molar-refractivity contribution is 7.14. The van der Waals surface area contributed by atoms with Gasteiger partial charge in [-0.1, -0.05) is 22.9 Å². The molecule has 0 aliphatic heterocycles. The Balaban J connectivity index is 2.00. The Morgan fingerprint density at radius 2 is 2.33 bits per heavy atom. The topological polar surface area (TPSA) is 59.9 Å². The predicted molar refractivity (Wildman–Crippen MR) is 71.7 cm³/mol. The summed E-state index contributed by atoms with van der Waals surface area (Å²) in [5.74, 6) is 0. The van der Waals surface area contributed by atoms with Crippen molar-refractivity contribution in [1.82, 2.24) is 20.5 Å². The molecule has 0 radical (unpaired) electrons. The lowest BCUT2D eigenvalue weighted by Crippen LogP contribution is -2.18. The molecule has 7 heteroatoms. The standard InChI is InChI=1S/C11H13ClN4OS/c1-17-5-4-14-7-10-15-16-11(18-10)8-2-3-13-6-9(8)12/h2-3,6,14H,4-5,7H2,1H3. The molecule has 0 bridgehead atoms. The van der Waals surface area contributed by atoms with Gasteiger partial charge in [0, 0.05) is 38.2 Å². The number of pyridine rings is 1. The van der Waals surface area contributed by atoms with Crippen LogP contribution in [0.15, 0.2) is 18.5 Å². The number of methoxy groups -OCH3 is 1. The van der Waals surface area contributed by atoms with E-state index in [0.29, 0.717) is 18.2 Å². The highest BCUT2D eigenvalue weighted by atomic mass is 35.5. The lowest BCUT2D eigenvalue weighted by Gasteiger charge is -1.99. The Hall–Kier alpha value is -1.08. The first-order valence-corrected chi connectivity index (χ1v) is 6.62. The van der Waals surface area contributed by atoms with Crippen LogP contribution < -0.4 is 5.32 Å². The average Bonchev–Trinajstić information content (AvgIpc) is 2.84. The fraction of sp³-hybridized carbons (Fsp3) is 0.364. The smallest absolute Gasteiger partial charge is 0.149 e.